The summed E-state index contributed by atoms with van der Waals surface area (Å²) in [6.07, 6.45) is 0. The quantitative estimate of drug-likeness (QED) is 0.703. The Morgan fingerprint density at radius 1 is 0.667 bits per heavy atom. The normalized spacial score (nSPS) is 10.3. The van der Waals surface area contributed by atoms with E-state index in [2.05, 4.69) is 10.6 Å². The van der Waals surface area contributed by atoms with Crippen molar-refractivity contribution in [2.75, 3.05) is 0 Å². The van der Waals surface area contributed by atoms with Gasteiger partial charge in [-0.2, -0.15) is 0 Å². The second-order valence-corrected chi connectivity index (χ2v) is 6.42. The Labute approximate surface area is 159 Å². The van der Waals surface area contributed by atoms with Gasteiger partial charge >= 0.3 is 0 Å². The van der Waals surface area contributed by atoms with Crippen LogP contribution in [0.2, 0.25) is 0 Å². The van der Waals surface area contributed by atoms with Crippen LogP contribution < -0.4 is 10.6 Å². The Balaban J connectivity index is 1.59. The summed E-state index contributed by atoms with van der Waals surface area (Å²) < 4.78 is 0. The van der Waals surface area contributed by atoms with E-state index in [-0.39, 0.29) is 11.8 Å². The molecule has 0 unspecified atom stereocenters. The third-order valence-electron chi connectivity index (χ3n) is 4.26. The molecule has 0 heterocycles. The Morgan fingerprint density at radius 2 is 1.19 bits per heavy atom. The van der Waals surface area contributed by atoms with Crippen molar-refractivity contribution in [3.63, 3.8) is 0 Å². The van der Waals surface area contributed by atoms with E-state index >= 15 is 0 Å². The molecule has 3 aromatic rings. The lowest BCUT2D eigenvalue weighted by Crippen LogP contribution is -2.25. The second kappa shape index (κ2) is 8.81. The Morgan fingerprint density at radius 3 is 1.74 bits per heavy atom. The lowest BCUT2D eigenvalue weighted by molar-refractivity contribution is 0.0950. The maximum atomic E-state index is 12.4. The van der Waals surface area contributed by atoms with Crippen LogP contribution >= 0.6 is 0 Å². The molecular formula is C23H22N2O2. The van der Waals surface area contributed by atoms with Gasteiger partial charge in [0.15, 0.2) is 0 Å². The Kier molecular flexibility index (Phi) is 6.00. The Bertz CT molecular complexity index is 919. The minimum Gasteiger partial charge on any atom is -0.348 e. The van der Waals surface area contributed by atoms with E-state index in [0.29, 0.717) is 24.2 Å². The number of carbonyl (C=O) groups is 2. The van der Waals surface area contributed by atoms with E-state index in [1.807, 2.05) is 61.5 Å². The fourth-order valence-corrected chi connectivity index (χ4v) is 2.67. The number of benzene rings is 3. The highest BCUT2D eigenvalue weighted by Gasteiger charge is 2.10. The average molecular weight is 358 g/mol. The maximum Gasteiger partial charge on any atom is 0.251 e. The topological polar surface area (TPSA) is 58.2 Å². The number of rotatable bonds is 6. The molecule has 0 aromatic heterocycles. The SMILES string of the molecule is Cc1ccc(CNC(=O)c2cccc(C(=O)NCc3ccccc3)c2)cc1. The van der Waals surface area contributed by atoms with E-state index < -0.39 is 0 Å². The van der Waals surface area contributed by atoms with Gasteiger partial charge in [0, 0.05) is 24.2 Å². The van der Waals surface area contributed by atoms with Crippen LogP contribution in [0.3, 0.4) is 0 Å². The van der Waals surface area contributed by atoms with Gasteiger partial charge in [-0.25, -0.2) is 0 Å². The van der Waals surface area contributed by atoms with Crippen molar-refractivity contribution in [1.82, 2.24) is 10.6 Å². The van der Waals surface area contributed by atoms with Gasteiger partial charge in [-0.1, -0.05) is 66.2 Å². The van der Waals surface area contributed by atoms with Crippen molar-refractivity contribution >= 4 is 11.8 Å². The third kappa shape index (κ3) is 5.28. The zero-order valence-corrected chi connectivity index (χ0v) is 15.2. The minimum absolute atomic E-state index is 0.201. The average Bonchev–Trinajstić information content (AvgIpc) is 2.72. The van der Waals surface area contributed by atoms with Crippen LogP contribution in [0.25, 0.3) is 0 Å². The molecule has 0 saturated carbocycles. The number of aryl methyl sites for hydroxylation is 1. The largest absolute Gasteiger partial charge is 0.348 e. The highest BCUT2D eigenvalue weighted by molar-refractivity contribution is 5.99. The first-order valence-electron chi connectivity index (χ1n) is 8.88. The summed E-state index contributed by atoms with van der Waals surface area (Å²) in [5, 5.41) is 5.76. The molecule has 4 heteroatoms. The molecule has 0 radical (unpaired) electrons. The van der Waals surface area contributed by atoms with Gasteiger partial charge in [-0.05, 0) is 36.2 Å². The Hall–Kier alpha value is -3.40. The molecule has 136 valence electrons. The molecule has 0 aliphatic heterocycles. The summed E-state index contributed by atoms with van der Waals surface area (Å²) in [7, 11) is 0. The van der Waals surface area contributed by atoms with E-state index in [1.54, 1.807) is 24.3 Å². The van der Waals surface area contributed by atoms with E-state index in [4.69, 9.17) is 0 Å². The van der Waals surface area contributed by atoms with Crippen molar-refractivity contribution in [3.8, 4) is 0 Å². The van der Waals surface area contributed by atoms with Gasteiger partial charge in [0.2, 0.25) is 0 Å². The molecule has 0 aliphatic carbocycles. The summed E-state index contributed by atoms with van der Waals surface area (Å²) in [5.74, 6) is -0.402. The molecule has 27 heavy (non-hydrogen) atoms. The summed E-state index contributed by atoms with van der Waals surface area (Å²) >= 11 is 0. The van der Waals surface area contributed by atoms with Crippen molar-refractivity contribution in [2.45, 2.75) is 20.0 Å². The third-order valence-corrected chi connectivity index (χ3v) is 4.26. The molecule has 2 N–H and O–H groups in total. The van der Waals surface area contributed by atoms with Crippen molar-refractivity contribution < 1.29 is 9.59 Å². The molecule has 0 bridgehead atoms. The zero-order valence-electron chi connectivity index (χ0n) is 15.2. The minimum atomic E-state index is -0.202. The summed E-state index contributed by atoms with van der Waals surface area (Å²) in [4.78, 5) is 24.8. The van der Waals surface area contributed by atoms with Gasteiger partial charge in [0.05, 0.1) is 0 Å². The van der Waals surface area contributed by atoms with Gasteiger partial charge in [-0.3, -0.25) is 9.59 Å². The van der Waals surface area contributed by atoms with E-state index in [0.717, 1.165) is 11.1 Å². The predicted octanol–water partition coefficient (Wildman–Crippen LogP) is 3.86. The van der Waals surface area contributed by atoms with Crippen molar-refractivity contribution in [2.24, 2.45) is 0 Å². The van der Waals surface area contributed by atoms with Gasteiger partial charge in [0.25, 0.3) is 11.8 Å². The fraction of sp³-hybridized carbons (Fsp3) is 0.130. The summed E-state index contributed by atoms with van der Waals surface area (Å²) in [5.41, 5.74) is 4.17. The fourth-order valence-electron chi connectivity index (χ4n) is 2.67. The molecule has 0 spiro atoms. The smallest absolute Gasteiger partial charge is 0.251 e. The van der Waals surface area contributed by atoms with Crippen LogP contribution in [0.15, 0.2) is 78.9 Å². The number of amides is 2. The maximum absolute atomic E-state index is 12.4. The molecule has 0 atom stereocenters. The van der Waals surface area contributed by atoms with Crippen LogP contribution in [0, 0.1) is 6.92 Å². The molecule has 2 amide bonds. The molecule has 3 rings (SSSR count). The summed E-state index contributed by atoms with van der Waals surface area (Å²) in [6.45, 7) is 2.92. The van der Waals surface area contributed by atoms with Crippen LogP contribution in [-0.4, -0.2) is 11.8 Å². The number of hydrogen-bond acceptors (Lipinski definition) is 2. The first kappa shape index (κ1) is 18.4. The number of hydrogen-bond donors (Lipinski definition) is 2. The molecular weight excluding hydrogens is 336 g/mol. The monoisotopic (exact) mass is 358 g/mol. The van der Waals surface area contributed by atoms with Crippen LogP contribution in [0.5, 0.6) is 0 Å². The first-order valence-corrected chi connectivity index (χ1v) is 8.88. The van der Waals surface area contributed by atoms with Crippen molar-refractivity contribution in [1.29, 1.82) is 0 Å². The standard InChI is InChI=1S/C23H22N2O2/c1-17-10-12-19(13-11-17)16-25-23(27)21-9-5-8-20(14-21)22(26)24-15-18-6-3-2-4-7-18/h2-14H,15-16H2,1H3,(H,24,26)(H,25,27). The van der Waals surface area contributed by atoms with E-state index in [1.165, 1.54) is 5.56 Å². The second-order valence-electron chi connectivity index (χ2n) is 6.42. The zero-order chi connectivity index (χ0) is 19.1. The van der Waals surface area contributed by atoms with Crippen LogP contribution in [-0.2, 0) is 13.1 Å². The molecule has 3 aromatic carbocycles. The van der Waals surface area contributed by atoms with Crippen LogP contribution in [0.1, 0.15) is 37.4 Å². The molecule has 0 fully saturated rings. The number of nitrogens with one attached hydrogen (secondary N) is 2. The predicted molar refractivity (Wildman–Crippen MR) is 106 cm³/mol. The molecule has 0 saturated heterocycles. The lowest BCUT2D eigenvalue weighted by atomic mass is 10.1. The highest BCUT2D eigenvalue weighted by Crippen LogP contribution is 2.08. The van der Waals surface area contributed by atoms with E-state index in [9.17, 15) is 9.59 Å². The first-order chi connectivity index (χ1) is 13.1. The lowest BCUT2D eigenvalue weighted by Gasteiger charge is -2.08. The van der Waals surface area contributed by atoms with Gasteiger partial charge in [-0.15, -0.1) is 0 Å². The molecule has 0 aliphatic rings. The number of carbonyl (C=O) groups excluding carboxylic acids is 2. The van der Waals surface area contributed by atoms with Gasteiger partial charge < -0.3 is 10.6 Å². The highest BCUT2D eigenvalue weighted by atomic mass is 16.2. The van der Waals surface area contributed by atoms with Crippen LogP contribution in [0.4, 0.5) is 0 Å². The molecule has 4 nitrogen and oxygen atoms in total. The summed E-state index contributed by atoms with van der Waals surface area (Å²) in [6, 6.07) is 24.5. The van der Waals surface area contributed by atoms with Crippen molar-refractivity contribution in [3.05, 3.63) is 107 Å². The van der Waals surface area contributed by atoms with Gasteiger partial charge in [0.1, 0.15) is 0 Å².